The molecule has 1 aromatic carbocycles. The van der Waals surface area contributed by atoms with Gasteiger partial charge in [-0.1, -0.05) is 11.3 Å². The van der Waals surface area contributed by atoms with E-state index in [0.29, 0.717) is 11.6 Å². The number of piperidine rings is 1. The van der Waals surface area contributed by atoms with E-state index in [1.165, 1.54) is 6.07 Å². The third kappa shape index (κ3) is 4.02. The van der Waals surface area contributed by atoms with Crippen molar-refractivity contribution in [3.8, 4) is 11.3 Å². The van der Waals surface area contributed by atoms with E-state index >= 15 is 0 Å². The van der Waals surface area contributed by atoms with E-state index in [1.54, 1.807) is 29.3 Å². The number of thiazole rings is 1. The maximum absolute atomic E-state index is 14.5. The van der Waals surface area contributed by atoms with Crippen molar-refractivity contribution in [3.63, 3.8) is 0 Å². The molecule has 2 N–H and O–H groups in total. The summed E-state index contributed by atoms with van der Waals surface area (Å²) < 4.78 is 17.2. The summed E-state index contributed by atoms with van der Waals surface area (Å²) in [6.45, 7) is 8.98. The van der Waals surface area contributed by atoms with Crippen LogP contribution in [0.1, 0.15) is 40.5 Å². The lowest BCUT2D eigenvalue weighted by Crippen LogP contribution is -2.60. The number of fused-ring (bicyclic) bond motifs is 2. The monoisotopic (exact) mass is 438 g/mol. The fourth-order valence-electron chi connectivity index (χ4n) is 5.01. The van der Waals surface area contributed by atoms with Gasteiger partial charge in [-0.05, 0) is 58.7 Å². The zero-order valence-corrected chi connectivity index (χ0v) is 19.3. The third-order valence-corrected chi connectivity index (χ3v) is 6.71. The van der Waals surface area contributed by atoms with E-state index in [4.69, 9.17) is 4.98 Å². The molecule has 31 heavy (non-hydrogen) atoms. The van der Waals surface area contributed by atoms with Crippen molar-refractivity contribution in [1.29, 1.82) is 0 Å². The van der Waals surface area contributed by atoms with Gasteiger partial charge in [0.25, 0.3) is 0 Å². The van der Waals surface area contributed by atoms with E-state index in [0.717, 1.165) is 44.8 Å². The maximum atomic E-state index is 14.5. The number of pyridine rings is 1. The van der Waals surface area contributed by atoms with Crippen LogP contribution in [0.3, 0.4) is 0 Å². The highest BCUT2D eigenvalue weighted by Gasteiger charge is 2.37. The van der Waals surface area contributed by atoms with Gasteiger partial charge in [-0.2, -0.15) is 5.10 Å². The van der Waals surface area contributed by atoms with Crippen molar-refractivity contribution in [2.45, 2.75) is 57.7 Å². The number of benzene rings is 1. The Morgan fingerprint density at radius 2 is 1.90 bits per heavy atom. The van der Waals surface area contributed by atoms with Crippen molar-refractivity contribution in [2.75, 3.05) is 5.32 Å². The molecule has 1 fully saturated rings. The first-order valence-electron chi connectivity index (χ1n) is 10.5. The summed E-state index contributed by atoms with van der Waals surface area (Å²) >= 11 is 1.62. The van der Waals surface area contributed by atoms with E-state index in [1.807, 2.05) is 18.3 Å². The molecule has 162 valence electrons. The molecule has 8 heteroatoms. The Morgan fingerprint density at radius 3 is 2.65 bits per heavy atom. The number of nitrogens with zero attached hydrogens (tertiary/aromatic N) is 4. The van der Waals surface area contributed by atoms with Crippen molar-refractivity contribution in [3.05, 3.63) is 36.4 Å². The lowest BCUT2D eigenvalue weighted by molar-refractivity contribution is 0.170. The molecule has 1 saturated heterocycles. The van der Waals surface area contributed by atoms with Crippen molar-refractivity contribution in [1.82, 2.24) is 25.1 Å². The zero-order valence-electron chi connectivity index (χ0n) is 18.5. The molecule has 3 aromatic heterocycles. The molecule has 0 radical (unpaired) electrons. The first-order valence-corrected chi connectivity index (χ1v) is 11.3. The molecule has 0 bridgehead atoms. The molecule has 0 spiro atoms. The van der Waals surface area contributed by atoms with Crippen LogP contribution in [0.2, 0.25) is 0 Å². The Labute approximate surface area is 184 Å². The lowest BCUT2D eigenvalue weighted by atomic mass is 9.80. The molecule has 5 rings (SSSR count). The van der Waals surface area contributed by atoms with Gasteiger partial charge >= 0.3 is 0 Å². The number of aromatic nitrogens is 4. The molecule has 0 saturated carbocycles. The number of hydrogen-bond donors (Lipinski definition) is 2. The number of anilines is 1. The first-order chi connectivity index (χ1) is 14.6. The Morgan fingerprint density at radius 1 is 1.16 bits per heavy atom. The quantitative estimate of drug-likeness (QED) is 0.466. The second kappa shape index (κ2) is 6.97. The number of halogens is 1. The molecule has 0 amide bonds. The van der Waals surface area contributed by atoms with Crippen LogP contribution in [0, 0.1) is 5.82 Å². The molecule has 1 aliphatic rings. The lowest BCUT2D eigenvalue weighted by Gasteiger charge is -2.46. The van der Waals surface area contributed by atoms with Gasteiger partial charge < -0.3 is 10.6 Å². The fourth-order valence-corrected chi connectivity index (χ4v) is 5.96. The molecule has 1 aliphatic heterocycles. The van der Waals surface area contributed by atoms with Crippen LogP contribution in [0.5, 0.6) is 0 Å². The van der Waals surface area contributed by atoms with Gasteiger partial charge in [-0.3, -0.25) is 9.67 Å². The molecule has 0 atom stereocenters. The molecule has 0 unspecified atom stereocenters. The normalized spacial score (nSPS) is 18.6. The van der Waals surface area contributed by atoms with E-state index < -0.39 is 0 Å². The predicted molar refractivity (Wildman–Crippen MR) is 125 cm³/mol. The van der Waals surface area contributed by atoms with Crippen molar-refractivity contribution >= 4 is 37.6 Å². The highest BCUT2D eigenvalue weighted by molar-refractivity contribution is 7.22. The summed E-state index contributed by atoms with van der Waals surface area (Å²) in [5, 5.41) is 13.2. The molecular weight excluding hydrogens is 411 g/mol. The maximum Gasteiger partial charge on any atom is 0.184 e. The van der Waals surface area contributed by atoms with E-state index in [2.05, 4.69) is 48.4 Å². The summed E-state index contributed by atoms with van der Waals surface area (Å²) in [6.07, 6.45) is 5.64. The standard InChI is InChI=1S/C23H27FN6S/c1-22(2)9-15(10-23(3,4)29-22)26-21-27-18-11-25-17(8-19(18)31-21)13-6-14-12-30(5)28-20(14)16(24)7-13/h6-8,11-12,15,29H,9-10H2,1-5H3,(H,26,27). The summed E-state index contributed by atoms with van der Waals surface area (Å²) in [6, 6.07) is 5.77. The molecule has 4 heterocycles. The van der Waals surface area contributed by atoms with Crippen LogP contribution in [-0.2, 0) is 7.05 Å². The number of nitrogens with one attached hydrogen (secondary N) is 2. The number of rotatable bonds is 3. The van der Waals surface area contributed by atoms with E-state index in [9.17, 15) is 4.39 Å². The predicted octanol–water partition coefficient (Wildman–Crippen LogP) is 5.11. The smallest absolute Gasteiger partial charge is 0.184 e. The largest absolute Gasteiger partial charge is 0.359 e. The van der Waals surface area contributed by atoms with E-state index in [-0.39, 0.29) is 16.9 Å². The second-order valence-electron chi connectivity index (χ2n) is 9.90. The average molecular weight is 439 g/mol. The topological polar surface area (TPSA) is 67.7 Å². The second-order valence-corrected chi connectivity index (χ2v) is 10.9. The first kappa shape index (κ1) is 20.3. The Kier molecular flexibility index (Phi) is 4.57. The van der Waals surface area contributed by atoms with Crippen molar-refractivity contribution < 1.29 is 4.39 Å². The van der Waals surface area contributed by atoms with Gasteiger partial charge in [0.15, 0.2) is 10.9 Å². The minimum Gasteiger partial charge on any atom is -0.359 e. The molecular formula is C23H27FN6S. The van der Waals surface area contributed by atoms with Crippen molar-refractivity contribution in [2.24, 2.45) is 7.05 Å². The van der Waals surface area contributed by atoms with Gasteiger partial charge in [0.2, 0.25) is 0 Å². The van der Waals surface area contributed by atoms with Gasteiger partial charge in [-0.15, -0.1) is 0 Å². The van der Waals surface area contributed by atoms with Crippen LogP contribution < -0.4 is 10.6 Å². The summed E-state index contributed by atoms with van der Waals surface area (Å²) in [7, 11) is 1.79. The van der Waals surface area contributed by atoms with Crippen LogP contribution in [0.15, 0.2) is 30.6 Å². The SMILES string of the molecule is Cn1cc2cc(-c3cc4sc(NC5CC(C)(C)NC(C)(C)C5)nc4cn3)cc(F)c2n1. The Balaban J connectivity index is 1.44. The summed E-state index contributed by atoms with van der Waals surface area (Å²) in [5.74, 6) is -0.335. The zero-order chi connectivity index (χ0) is 22.0. The minimum absolute atomic E-state index is 0.0693. The van der Waals surface area contributed by atoms with Gasteiger partial charge in [-0.25, -0.2) is 9.37 Å². The molecule has 4 aromatic rings. The Hall–Kier alpha value is -2.58. The number of hydrogen-bond acceptors (Lipinski definition) is 6. The van der Waals surface area contributed by atoms with Gasteiger partial charge in [0, 0.05) is 41.3 Å². The molecule has 0 aliphatic carbocycles. The fraction of sp³-hybridized carbons (Fsp3) is 0.435. The third-order valence-electron chi connectivity index (χ3n) is 5.76. The van der Waals surface area contributed by atoms with Crippen LogP contribution in [0.25, 0.3) is 32.4 Å². The minimum atomic E-state index is -0.335. The Bertz CT molecular complexity index is 1270. The van der Waals surface area contributed by atoms with Gasteiger partial charge in [0.05, 0.1) is 16.6 Å². The van der Waals surface area contributed by atoms with Crippen LogP contribution >= 0.6 is 11.3 Å². The molecule has 6 nitrogen and oxygen atoms in total. The number of aryl methyl sites for hydroxylation is 1. The highest BCUT2D eigenvalue weighted by atomic mass is 32.1. The van der Waals surface area contributed by atoms with Crippen LogP contribution in [-0.4, -0.2) is 36.9 Å². The average Bonchev–Trinajstić information content (AvgIpc) is 3.20. The van der Waals surface area contributed by atoms with Crippen LogP contribution in [0.4, 0.5) is 9.52 Å². The van der Waals surface area contributed by atoms with Gasteiger partial charge in [0.1, 0.15) is 11.0 Å². The summed E-state index contributed by atoms with van der Waals surface area (Å²) in [5.41, 5.74) is 2.84. The highest BCUT2D eigenvalue weighted by Crippen LogP contribution is 2.34. The summed E-state index contributed by atoms with van der Waals surface area (Å²) in [4.78, 5) is 9.30.